The van der Waals surface area contributed by atoms with Gasteiger partial charge in [-0.3, -0.25) is 0 Å². The van der Waals surface area contributed by atoms with Gasteiger partial charge < -0.3 is 0 Å². The van der Waals surface area contributed by atoms with Crippen LogP contribution in [0.4, 0.5) is 0 Å². The molecule has 0 nitrogen and oxygen atoms in total. The van der Waals surface area contributed by atoms with E-state index in [4.69, 9.17) is 0 Å². The third-order valence-electron chi connectivity index (χ3n) is 0.236. The van der Waals surface area contributed by atoms with Gasteiger partial charge in [0.15, 0.2) is 0 Å². The van der Waals surface area contributed by atoms with Crippen LogP contribution in [-0.2, 0) is 19.2 Å². The van der Waals surface area contributed by atoms with Crippen molar-refractivity contribution in [2.24, 2.45) is 5.92 Å². The first-order valence-corrected chi connectivity index (χ1v) is 2.65. The van der Waals surface area contributed by atoms with Crippen molar-refractivity contribution in [1.29, 1.82) is 0 Å². The van der Waals surface area contributed by atoms with Crippen molar-refractivity contribution in [3.05, 3.63) is 0 Å². The molecule has 0 aliphatic carbocycles. The van der Waals surface area contributed by atoms with E-state index < -0.39 is 0 Å². The second-order valence-electron chi connectivity index (χ2n) is 1.27. The Kier molecular flexibility index (Phi) is 2.94. The van der Waals surface area contributed by atoms with Crippen LogP contribution in [0.25, 0.3) is 0 Å². The monoisotopic (exact) mass is 153 g/mol. The van der Waals surface area contributed by atoms with Gasteiger partial charge in [-0.25, -0.2) is 0 Å². The fourth-order valence-corrected chi connectivity index (χ4v) is 0. The van der Waals surface area contributed by atoms with Crippen molar-refractivity contribution in [3.63, 3.8) is 0 Å². The first-order chi connectivity index (χ1) is 2.27. The summed E-state index contributed by atoms with van der Waals surface area (Å²) in [5, 5.41) is 0. The molecule has 0 heterocycles. The summed E-state index contributed by atoms with van der Waals surface area (Å²) in [6.07, 6.45) is 0. The summed E-state index contributed by atoms with van der Waals surface area (Å²) in [6.45, 7) is 4.23. The molecule has 0 spiro atoms. The van der Waals surface area contributed by atoms with Gasteiger partial charge in [0.2, 0.25) is 0 Å². The van der Waals surface area contributed by atoms with Crippen LogP contribution in [0.2, 0.25) is 0 Å². The van der Waals surface area contributed by atoms with Crippen molar-refractivity contribution in [2.45, 2.75) is 13.8 Å². The van der Waals surface area contributed by atoms with Crippen molar-refractivity contribution in [2.75, 3.05) is 0 Å². The first kappa shape index (κ1) is 5.47. The van der Waals surface area contributed by atoms with Gasteiger partial charge in [-0.15, -0.1) is 0 Å². The Morgan fingerprint density at radius 1 is 1.60 bits per heavy atom. The van der Waals surface area contributed by atoms with Crippen molar-refractivity contribution in [3.8, 4) is 4.20 Å². The number of hydrogen-bond acceptors (Lipinski definition) is 0. The van der Waals surface area contributed by atoms with Gasteiger partial charge in [0.1, 0.15) is 0 Å². The van der Waals surface area contributed by atoms with E-state index in [9.17, 15) is 0 Å². The molecule has 5 heavy (non-hydrogen) atoms. The van der Waals surface area contributed by atoms with E-state index in [1.807, 2.05) is 19.2 Å². The summed E-state index contributed by atoms with van der Waals surface area (Å²) < 4.78 is 3.04. The summed E-state index contributed by atoms with van der Waals surface area (Å²) in [7, 11) is 0. The van der Waals surface area contributed by atoms with Crippen LogP contribution >= 0.6 is 0 Å². The molecular formula is C4H7Mo. The molecule has 0 aliphatic heterocycles. The molecule has 0 aliphatic rings. The Labute approximate surface area is 43.6 Å². The molecule has 0 radical (unpaired) electrons. The third-order valence-corrected chi connectivity index (χ3v) is 1.39. The van der Waals surface area contributed by atoms with Gasteiger partial charge in [-0.1, -0.05) is 0 Å². The quantitative estimate of drug-likeness (QED) is 0.455. The zero-order chi connectivity index (χ0) is 4.28. The van der Waals surface area contributed by atoms with Crippen molar-refractivity contribution in [1.82, 2.24) is 0 Å². The van der Waals surface area contributed by atoms with E-state index in [1.54, 1.807) is 0 Å². The molecular weight excluding hydrogens is 144 g/mol. The van der Waals surface area contributed by atoms with Crippen LogP contribution in [0.1, 0.15) is 13.8 Å². The average molecular weight is 151 g/mol. The fourth-order valence-electron chi connectivity index (χ4n) is 0. The second-order valence-corrected chi connectivity index (χ2v) is 1.85. The number of rotatable bonds is 0. The summed E-state index contributed by atoms with van der Waals surface area (Å²) >= 11 is 1.89. The molecule has 0 N–H and O–H groups in total. The molecule has 0 rings (SSSR count). The summed E-state index contributed by atoms with van der Waals surface area (Å²) in [4.78, 5) is 0. The summed E-state index contributed by atoms with van der Waals surface area (Å²) in [5.41, 5.74) is 0. The summed E-state index contributed by atoms with van der Waals surface area (Å²) in [5.74, 6) is 0.639. The zero-order valence-electron chi connectivity index (χ0n) is 3.49. The standard InChI is InChI=1S/C4H7.Mo/c1-4(2)3;/h4H,1-2H3;. The van der Waals surface area contributed by atoms with Crippen molar-refractivity contribution >= 4 is 0 Å². The SMILES string of the molecule is CC(C)[C]#[Mo]. The average Bonchev–Trinajstić information content (AvgIpc) is 1.38. The van der Waals surface area contributed by atoms with Gasteiger partial charge >= 0.3 is 43.1 Å². The van der Waals surface area contributed by atoms with Crippen molar-refractivity contribution < 1.29 is 19.2 Å². The number of hydrogen-bond donors (Lipinski definition) is 0. The molecule has 0 saturated heterocycles. The minimum absolute atomic E-state index is 0.639. The second kappa shape index (κ2) is 2.69. The van der Waals surface area contributed by atoms with Gasteiger partial charge in [-0.05, 0) is 0 Å². The maximum atomic E-state index is 3.04. The topological polar surface area (TPSA) is 0 Å². The predicted molar refractivity (Wildman–Crippen MR) is 18.7 cm³/mol. The van der Waals surface area contributed by atoms with E-state index in [-0.39, 0.29) is 0 Å². The van der Waals surface area contributed by atoms with Gasteiger partial charge in [0.05, 0.1) is 0 Å². The fraction of sp³-hybridized carbons (Fsp3) is 0.750. The Morgan fingerprint density at radius 2 is 1.80 bits per heavy atom. The predicted octanol–water partition coefficient (Wildman–Crippen LogP) is 1.15. The van der Waals surface area contributed by atoms with Crippen LogP contribution < -0.4 is 0 Å². The van der Waals surface area contributed by atoms with Gasteiger partial charge in [-0.2, -0.15) is 0 Å². The molecule has 0 unspecified atom stereocenters. The van der Waals surface area contributed by atoms with Crippen LogP contribution in [0, 0.1) is 10.1 Å². The van der Waals surface area contributed by atoms with Gasteiger partial charge in [0, 0.05) is 0 Å². The normalized spacial score (nSPS) is 7.60. The molecule has 0 aromatic carbocycles. The van der Waals surface area contributed by atoms with Crippen LogP contribution in [0.5, 0.6) is 0 Å². The molecule has 29 valence electrons. The Bertz CT molecular complexity index is 49.2. The minimum atomic E-state index is 0.639. The van der Waals surface area contributed by atoms with E-state index in [1.165, 1.54) is 0 Å². The van der Waals surface area contributed by atoms with Crippen LogP contribution in [0.3, 0.4) is 0 Å². The molecule has 0 bridgehead atoms. The first-order valence-electron chi connectivity index (χ1n) is 1.65. The zero-order valence-corrected chi connectivity index (χ0v) is 5.49. The molecule has 0 amide bonds. The molecule has 0 aromatic rings. The molecule has 0 aromatic heterocycles. The van der Waals surface area contributed by atoms with Crippen LogP contribution in [-0.4, -0.2) is 0 Å². The molecule has 0 saturated carbocycles. The Hall–Kier alpha value is 0.468. The van der Waals surface area contributed by atoms with Crippen LogP contribution in [0.15, 0.2) is 0 Å². The Morgan fingerprint density at radius 3 is 1.80 bits per heavy atom. The summed E-state index contributed by atoms with van der Waals surface area (Å²) in [6, 6.07) is 0. The van der Waals surface area contributed by atoms with E-state index in [0.29, 0.717) is 5.92 Å². The molecule has 0 fully saturated rings. The van der Waals surface area contributed by atoms with E-state index in [2.05, 4.69) is 18.0 Å². The van der Waals surface area contributed by atoms with E-state index in [0.717, 1.165) is 0 Å². The molecule has 0 atom stereocenters. The van der Waals surface area contributed by atoms with E-state index >= 15 is 0 Å². The molecule has 1 heteroatoms. The maximum absolute atomic E-state index is 3.04. The third kappa shape index (κ3) is 4.47. The van der Waals surface area contributed by atoms with Gasteiger partial charge in [0.25, 0.3) is 0 Å². The Balaban J connectivity index is 2.94.